The van der Waals surface area contributed by atoms with Crippen molar-refractivity contribution in [1.82, 2.24) is 4.57 Å². The number of halogens is 2. The number of hydrogen-bond donors (Lipinski definition) is 0. The van der Waals surface area contributed by atoms with E-state index in [1.54, 1.807) is 24.3 Å². The van der Waals surface area contributed by atoms with Crippen molar-refractivity contribution in [3.63, 3.8) is 0 Å². The van der Waals surface area contributed by atoms with Crippen LogP contribution in [0.5, 0.6) is 0 Å². The Morgan fingerprint density at radius 3 is 1.81 bits per heavy atom. The average Bonchev–Trinajstić information content (AvgIpc) is 3.21. The van der Waals surface area contributed by atoms with Gasteiger partial charge in [0, 0.05) is 18.0 Å². The molecule has 4 aromatic rings. The molecule has 0 bridgehead atoms. The molecule has 128 valence electrons. The maximum Gasteiger partial charge on any atom is 0.129 e. The van der Waals surface area contributed by atoms with E-state index in [0.717, 1.165) is 11.1 Å². The third kappa shape index (κ3) is 2.53. The Balaban J connectivity index is 2.14. The largest absolute Gasteiger partial charge is 0.336 e. The second kappa shape index (κ2) is 6.60. The molecule has 0 radical (unpaired) electrons. The molecule has 1 nitrogen and oxygen atoms in total. The van der Waals surface area contributed by atoms with Crippen molar-refractivity contribution >= 4 is 0 Å². The lowest BCUT2D eigenvalue weighted by atomic mass is 9.76. The number of nitrogens with zero attached hydrogens (tertiary/aromatic N) is 1. The van der Waals surface area contributed by atoms with Crippen molar-refractivity contribution in [3.05, 3.63) is 132 Å². The van der Waals surface area contributed by atoms with E-state index in [9.17, 15) is 4.39 Å². The van der Waals surface area contributed by atoms with Gasteiger partial charge in [0.15, 0.2) is 0 Å². The van der Waals surface area contributed by atoms with Gasteiger partial charge in [0.1, 0.15) is 17.2 Å². The summed E-state index contributed by atoms with van der Waals surface area (Å²) in [5.74, 6) is -0.633. The first-order chi connectivity index (χ1) is 12.7. The summed E-state index contributed by atoms with van der Waals surface area (Å²) in [6, 6.07) is 26.5. The first-order valence-corrected chi connectivity index (χ1v) is 8.43. The zero-order valence-electron chi connectivity index (χ0n) is 14.0. The van der Waals surface area contributed by atoms with Gasteiger partial charge in [0.05, 0.1) is 0 Å². The molecule has 26 heavy (non-hydrogen) atoms. The van der Waals surface area contributed by atoms with Gasteiger partial charge in [-0.3, -0.25) is 0 Å². The number of aromatic nitrogens is 1. The first kappa shape index (κ1) is 16.3. The van der Waals surface area contributed by atoms with E-state index in [4.69, 9.17) is 0 Å². The van der Waals surface area contributed by atoms with Crippen molar-refractivity contribution in [2.24, 2.45) is 0 Å². The molecule has 0 fully saturated rings. The highest BCUT2D eigenvalue weighted by atomic mass is 19.1. The van der Waals surface area contributed by atoms with E-state index in [2.05, 4.69) is 0 Å². The van der Waals surface area contributed by atoms with Crippen LogP contribution < -0.4 is 0 Å². The monoisotopic (exact) mass is 345 g/mol. The fourth-order valence-electron chi connectivity index (χ4n) is 3.60. The van der Waals surface area contributed by atoms with Crippen LogP contribution in [0.4, 0.5) is 8.78 Å². The van der Waals surface area contributed by atoms with Gasteiger partial charge in [-0.25, -0.2) is 8.78 Å². The summed E-state index contributed by atoms with van der Waals surface area (Å²) in [5.41, 5.74) is 1.25. The predicted octanol–water partition coefficient (Wildman–Crippen LogP) is 5.61. The highest BCUT2D eigenvalue weighted by molar-refractivity contribution is 5.51. The molecule has 0 spiro atoms. The lowest BCUT2D eigenvalue weighted by molar-refractivity contribution is 0.479. The van der Waals surface area contributed by atoms with Gasteiger partial charge in [0.2, 0.25) is 0 Å². The van der Waals surface area contributed by atoms with Gasteiger partial charge in [-0.05, 0) is 41.5 Å². The van der Waals surface area contributed by atoms with Crippen LogP contribution in [0.25, 0.3) is 0 Å². The highest BCUT2D eigenvalue weighted by Gasteiger charge is 2.39. The maximum atomic E-state index is 15.0. The molecule has 1 unspecified atom stereocenters. The summed E-state index contributed by atoms with van der Waals surface area (Å²) in [6.45, 7) is 0. The van der Waals surface area contributed by atoms with E-state index in [-0.39, 0.29) is 11.6 Å². The molecule has 1 aromatic heterocycles. The Bertz CT molecular complexity index is 992. The number of benzene rings is 3. The summed E-state index contributed by atoms with van der Waals surface area (Å²) in [5, 5.41) is 0. The van der Waals surface area contributed by atoms with Crippen LogP contribution in [-0.4, -0.2) is 4.57 Å². The van der Waals surface area contributed by atoms with Crippen molar-refractivity contribution in [2.75, 3.05) is 0 Å². The van der Waals surface area contributed by atoms with Gasteiger partial charge < -0.3 is 4.57 Å². The summed E-state index contributed by atoms with van der Waals surface area (Å²) < 4.78 is 30.6. The molecule has 0 saturated carbocycles. The fourth-order valence-corrected chi connectivity index (χ4v) is 3.60. The molecule has 0 saturated heterocycles. The minimum Gasteiger partial charge on any atom is -0.336 e. The smallest absolute Gasteiger partial charge is 0.129 e. The summed E-state index contributed by atoms with van der Waals surface area (Å²) >= 11 is 0. The molecule has 3 aromatic carbocycles. The molecular formula is C23H17F2N. The molecule has 0 amide bonds. The summed E-state index contributed by atoms with van der Waals surface area (Å²) in [4.78, 5) is 0. The quantitative estimate of drug-likeness (QED) is 0.424. The van der Waals surface area contributed by atoms with Crippen LogP contribution in [0.15, 0.2) is 103 Å². The summed E-state index contributed by atoms with van der Waals surface area (Å²) in [7, 11) is 0. The van der Waals surface area contributed by atoms with Crippen LogP contribution in [-0.2, 0) is 5.54 Å². The minimum atomic E-state index is -0.941. The molecule has 0 aliphatic rings. The Morgan fingerprint density at radius 2 is 1.15 bits per heavy atom. The van der Waals surface area contributed by atoms with Gasteiger partial charge >= 0.3 is 0 Å². The maximum absolute atomic E-state index is 15.0. The van der Waals surface area contributed by atoms with E-state index in [1.165, 1.54) is 18.2 Å². The fraction of sp³-hybridized carbons (Fsp3) is 0.0435. The van der Waals surface area contributed by atoms with E-state index in [0.29, 0.717) is 5.56 Å². The number of hydrogen-bond acceptors (Lipinski definition) is 0. The molecule has 0 aliphatic heterocycles. The topological polar surface area (TPSA) is 4.93 Å². The number of rotatable bonds is 4. The molecule has 3 heteroatoms. The Morgan fingerprint density at radius 1 is 0.577 bits per heavy atom. The minimum absolute atomic E-state index is 0.311. The van der Waals surface area contributed by atoms with Gasteiger partial charge in [-0.2, -0.15) is 0 Å². The second-order valence-electron chi connectivity index (χ2n) is 6.15. The molecule has 0 N–H and O–H groups in total. The zero-order valence-corrected chi connectivity index (χ0v) is 14.0. The second-order valence-corrected chi connectivity index (χ2v) is 6.15. The highest BCUT2D eigenvalue weighted by Crippen LogP contribution is 2.41. The van der Waals surface area contributed by atoms with Crippen LogP contribution >= 0.6 is 0 Å². The van der Waals surface area contributed by atoms with Gasteiger partial charge in [0.25, 0.3) is 0 Å². The van der Waals surface area contributed by atoms with Crippen molar-refractivity contribution in [3.8, 4) is 0 Å². The van der Waals surface area contributed by atoms with E-state index < -0.39 is 5.54 Å². The Hall–Kier alpha value is -3.20. The van der Waals surface area contributed by atoms with Crippen LogP contribution in [0.1, 0.15) is 16.7 Å². The lowest BCUT2D eigenvalue weighted by Gasteiger charge is -2.38. The average molecular weight is 345 g/mol. The standard InChI is InChI=1S/C23H17F2N/c24-20-14-12-19(13-15-20)23(26-16-6-7-17-26,18-8-2-1-3-9-18)21-10-4-5-11-22(21)25/h1-17H. The van der Waals surface area contributed by atoms with Gasteiger partial charge in [-0.15, -0.1) is 0 Å². The Kier molecular flexibility index (Phi) is 4.13. The van der Waals surface area contributed by atoms with Crippen LogP contribution in [0.2, 0.25) is 0 Å². The third-order valence-electron chi connectivity index (χ3n) is 4.71. The van der Waals surface area contributed by atoms with Crippen LogP contribution in [0.3, 0.4) is 0 Å². The lowest BCUT2D eigenvalue weighted by Crippen LogP contribution is -2.37. The molecule has 1 heterocycles. The SMILES string of the molecule is Fc1ccc(C(c2ccccc2)(c2ccccc2F)n2cccc2)cc1. The molecule has 4 rings (SSSR count). The Labute approximate surface area is 151 Å². The van der Waals surface area contributed by atoms with E-state index in [1.807, 2.05) is 65.5 Å². The van der Waals surface area contributed by atoms with Crippen molar-refractivity contribution < 1.29 is 8.78 Å². The van der Waals surface area contributed by atoms with Crippen molar-refractivity contribution in [1.29, 1.82) is 0 Å². The first-order valence-electron chi connectivity index (χ1n) is 8.43. The molecular weight excluding hydrogens is 328 g/mol. The zero-order chi connectivity index (χ0) is 18.0. The third-order valence-corrected chi connectivity index (χ3v) is 4.71. The normalized spacial score (nSPS) is 13.3. The van der Waals surface area contributed by atoms with Gasteiger partial charge in [-0.1, -0.05) is 60.7 Å². The van der Waals surface area contributed by atoms with Crippen molar-refractivity contribution in [2.45, 2.75) is 5.54 Å². The van der Waals surface area contributed by atoms with Crippen LogP contribution in [0, 0.1) is 11.6 Å². The molecule has 0 aliphatic carbocycles. The molecule has 1 atom stereocenters. The predicted molar refractivity (Wildman–Crippen MR) is 99.0 cm³/mol. The summed E-state index contributed by atoms with van der Waals surface area (Å²) in [6.07, 6.45) is 3.81. The van der Waals surface area contributed by atoms with E-state index >= 15 is 4.39 Å².